The topological polar surface area (TPSA) is 60.5 Å². The summed E-state index contributed by atoms with van der Waals surface area (Å²) in [6.45, 7) is 3.62. The van der Waals surface area contributed by atoms with Gasteiger partial charge in [0.05, 0.1) is 25.3 Å². The summed E-state index contributed by atoms with van der Waals surface area (Å²) in [5.74, 6) is 0.798. The maximum Gasteiger partial charge on any atom is 0.226 e. The molecule has 0 fully saturated rings. The van der Waals surface area contributed by atoms with Gasteiger partial charge in [-0.05, 0) is 42.3 Å². The minimum Gasteiger partial charge on any atom is -0.494 e. The van der Waals surface area contributed by atoms with Crippen LogP contribution in [0.5, 0.6) is 5.75 Å². The molecule has 146 valence electrons. The Labute approximate surface area is 169 Å². The van der Waals surface area contributed by atoms with Crippen molar-refractivity contribution in [3.63, 3.8) is 0 Å². The van der Waals surface area contributed by atoms with Crippen molar-refractivity contribution in [3.8, 4) is 16.3 Å². The maximum atomic E-state index is 12.3. The van der Waals surface area contributed by atoms with Crippen LogP contribution in [0, 0.1) is 0 Å². The lowest BCUT2D eigenvalue weighted by Crippen LogP contribution is -2.25. The molecule has 0 bridgehead atoms. The van der Waals surface area contributed by atoms with Crippen LogP contribution >= 0.6 is 11.3 Å². The van der Waals surface area contributed by atoms with Gasteiger partial charge in [-0.25, -0.2) is 4.98 Å². The number of hydrogen-bond donors (Lipinski definition) is 1. The van der Waals surface area contributed by atoms with E-state index in [0.29, 0.717) is 19.8 Å². The summed E-state index contributed by atoms with van der Waals surface area (Å²) in [4.78, 5) is 16.9. The van der Waals surface area contributed by atoms with Crippen LogP contribution in [0.3, 0.4) is 0 Å². The molecule has 3 aromatic rings. The number of benzene rings is 2. The van der Waals surface area contributed by atoms with E-state index in [-0.39, 0.29) is 12.3 Å². The maximum absolute atomic E-state index is 12.3. The number of rotatable bonds is 9. The first-order valence-corrected chi connectivity index (χ1v) is 10.1. The van der Waals surface area contributed by atoms with E-state index in [1.54, 1.807) is 7.11 Å². The van der Waals surface area contributed by atoms with Gasteiger partial charge in [-0.15, -0.1) is 11.3 Å². The van der Waals surface area contributed by atoms with Crippen molar-refractivity contribution in [2.45, 2.75) is 26.5 Å². The number of thiazole rings is 1. The molecule has 1 N–H and O–H groups in total. The fraction of sp³-hybridized carbons (Fsp3) is 0.273. The van der Waals surface area contributed by atoms with Crippen molar-refractivity contribution < 1.29 is 14.3 Å². The quantitative estimate of drug-likeness (QED) is 0.588. The van der Waals surface area contributed by atoms with Gasteiger partial charge in [0.15, 0.2) is 0 Å². The molecule has 2 aromatic carbocycles. The normalized spacial score (nSPS) is 10.6. The van der Waals surface area contributed by atoms with Gasteiger partial charge in [0.25, 0.3) is 0 Å². The van der Waals surface area contributed by atoms with Gasteiger partial charge in [0, 0.05) is 24.6 Å². The first-order valence-electron chi connectivity index (χ1n) is 9.19. The molecule has 0 atom stereocenters. The van der Waals surface area contributed by atoms with Crippen molar-refractivity contribution >= 4 is 17.2 Å². The van der Waals surface area contributed by atoms with Gasteiger partial charge >= 0.3 is 0 Å². The molecular weight excluding hydrogens is 372 g/mol. The first kappa shape index (κ1) is 20.0. The second-order valence-corrected chi connectivity index (χ2v) is 7.11. The number of carbonyl (C=O) groups excluding carboxylic acids is 1. The van der Waals surface area contributed by atoms with Crippen LogP contribution < -0.4 is 10.1 Å². The monoisotopic (exact) mass is 396 g/mol. The van der Waals surface area contributed by atoms with E-state index in [4.69, 9.17) is 9.47 Å². The van der Waals surface area contributed by atoms with Crippen LogP contribution in [-0.4, -0.2) is 24.6 Å². The number of nitrogens with zero attached hydrogens (tertiary/aromatic N) is 1. The van der Waals surface area contributed by atoms with E-state index in [2.05, 4.69) is 10.3 Å². The zero-order valence-corrected chi connectivity index (χ0v) is 16.9. The first-order chi connectivity index (χ1) is 13.7. The van der Waals surface area contributed by atoms with Crippen LogP contribution in [0.2, 0.25) is 0 Å². The summed E-state index contributed by atoms with van der Waals surface area (Å²) in [6.07, 6.45) is 0.264. The van der Waals surface area contributed by atoms with Gasteiger partial charge in [-0.3, -0.25) is 4.79 Å². The zero-order valence-electron chi connectivity index (χ0n) is 16.1. The molecule has 1 amide bonds. The van der Waals surface area contributed by atoms with E-state index in [1.807, 2.05) is 60.8 Å². The molecule has 0 aliphatic rings. The van der Waals surface area contributed by atoms with Crippen LogP contribution in [-0.2, 0) is 29.1 Å². The predicted octanol–water partition coefficient (Wildman–Crippen LogP) is 4.21. The molecule has 0 unspecified atom stereocenters. The van der Waals surface area contributed by atoms with Crippen LogP contribution in [0.25, 0.3) is 10.6 Å². The van der Waals surface area contributed by atoms with Gasteiger partial charge in [-0.1, -0.05) is 24.3 Å². The lowest BCUT2D eigenvalue weighted by Gasteiger charge is -2.09. The molecule has 0 spiro atoms. The number of aromatic nitrogens is 1. The zero-order chi connectivity index (χ0) is 19.8. The highest BCUT2D eigenvalue weighted by molar-refractivity contribution is 7.13. The Morgan fingerprint density at radius 2 is 1.86 bits per heavy atom. The van der Waals surface area contributed by atoms with Crippen molar-refractivity contribution in [1.82, 2.24) is 10.3 Å². The van der Waals surface area contributed by atoms with Gasteiger partial charge < -0.3 is 14.8 Å². The highest BCUT2D eigenvalue weighted by atomic mass is 32.1. The fourth-order valence-corrected chi connectivity index (χ4v) is 3.65. The molecule has 1 aromatic heterocycles. The summed E-state index contributed by atoms with van der Waals surface area (Å²) in [5, 5.41) is 5.80. The summed E-state index contributed by atoms with van der Waals surface area (Å²) in [7, 11) is 1.67. The molecule has 0 aliphatic carbocycles. The summed E-state index contributed by atoms with van der Waals surface area (Å²) in [6, 6.07) is 15.8. The number of methoxy groups -OCH3 is 1. The van der Waals surface area contributed by atoms with E-state index in [1.165, 1.54) is 11.3 Å². The average molecular weight is 397 g/mol. The minimum absolute atomic E-state index is 0.0456. The molecule has 0 radical (unpaired) electrons. The Kier molecular flexibility index (Phi) is 7.17. The third kappa shape index (κ3) is 5.41. The van der Waals surface area contributed by atoms with E-state index in [9.17, 15) is 4.79 Å². The Hall–Kier alpha value is -2.70. The molecule has 0 saturated carbocycles. The number of carbonyl (C=O) groups is 1. The molecule has 3 rings (SSSR count). The third-order valence-electron chi connectivity index (χ3n) is 4.20. The standard InChI is InChI=1S/C22H24N2O3S/c1-3-27-20-10-8-16(9-11-20)22-24-19(15-28-22)12-21(25)23-13-17-6-4-5-7-18(17)14-26-2/h4-11,15H,3,12-14H2,1-2H3,(H,23,25). The smallest absolute Gasteiger partial charge is 0.226 e. The molecule has 0 saturated heterocycles. The molecule has 5 nitrogen and oxygen atoms in total. The van der Waals surface area contributed by atoms with Gasteiger partial charge in [0.1, 0.15) is 10.8 Å². The minimum atomic E-state index is -0.0456. The lowest BCUT2D eigenvalue weighted by molar-refractivity contribution is -0.120. The van der Waals surface area contributed by atoms with Gasteiger partial charge in [-0.2, -0.15) is 0 Å². The predicted molar refractivity (Wildman–Crippen MR) is 111 cm³/mol. The second-order valence-electron chi connectivity index (χ2n) is 6.26. The molecule has 6 heteroatoms. The van der Waals surface area contributed by atoms with Crippen LogP contribution in [0.4, 0.5) is 0 Å². The van der Waals surface area contributed by atoms with Crippen molar-refractivity contribution in [2.75, 3.05) is 13.7 Å². The second kappa shape index (κ2) is 10.0. The molecule has 1 heterocycles. The Bertz CT molecular complexity index is 906. The highest BCUT2D eigenvalue weighted by Gasteiger charge is 2.10. The van der Waals surface area contributed by atoms with E-state index in [0.717, 1.165) is 33.1 Å². The Morgan fingerprint density at radius 1 is 1.11 bits per heavy atom. The highest BCUT2D eigenvalue weighted by Crippen LogP contribution is 2.26. The fourth-order valence-electron chi connectivity index (χ4n) is 2.83. The molecular formula is C22H24N2O3S. The summed E-state index contributed by atoms with van der Waals surface area (Å²) < 4.78 is 10.7. The summed E-state index contributed by atoms with van der Waals surface area (Å²) in [5.41, 5.74) is 3.94. The number of hydrogen-bond acceptors (Lipinski definition) is 5. The SMILES string of the molecule is CCOc1ccc(-c2nc(CC(=O)NCc3ccccc3COC)cs2)cc1. The Morgan fingerprint density at radius 3 is 2.57 bits per heavy atom. The molecule has 0 aliphatic heterocycles. The van der Waals surface area contributed by atoms with Crippen molar-refractivity contribution in [1.29, 1.82) is 0 Å². The van der Waals surface area contributed by atoms with E-state index >= 15 is 0 Å². The van der Waals surface area contributed by atoms with Crippen molar-refractivity contribution in [2.24, 2.45) is 0 Å². The molecule has 28 heavy (non-hydrogen) atoms. The number of nitrogens with one attached hydrogen (secondary N) is 1. The summed E-state index contributed by atoms with van der Waals surface area (Å²) >= 11 is 1.54. The van der Waals surface area contributed by atoms with Crippen LogP contribution in [0.1, 0.15) is 23.7 Å². The number of ether oxygens (including phenoxy) is 2. The largest absolute Gasteiger partial charge is 0.494 e. The van der Waals surface area contributed by atoms with Crippen molar-refractivity contribution in [3.05, 3.63) is 70.7 Å². The average Bonchev–Trinajstić information content (AvgIpc) is 3.17. The van der Waals surface area contributed by atoms with E-state index < -0.39 is 0 Å². The third-order valence-corrected chi connectivity index (χ3v) is 5.14. The lowest BCUT2D eigenvalue weighted by atomic mass is 10.1. The Balaban J connectivity index is 1.57. The number of amides is 1. The van der Waals surface area contributed by atoms with Crippen LogP contribution in [0.15, 0.2) is 53.9 Å². The van der Waals surface area contributed by atoms with Gasteiger partial charge in [0.2, 0.25) is 5.91 Å².